The zero-order chi connectivity index (χ0) is 17.8. The van der Waals surface area contributed by atoms with Gasteiger partial charge < -0.3 is 14.3 Å². The zero-order valence-corrected chi connectivity index (χ0v) is 15.1. The summed E-state index contributed by atoms with van der Waals surface area (Å²) in [6.07, 6.45) is 9.91. The SMILES string of the molecule is O=C(c1nc(-c2ccc(N3CCCCC3)nc2)no1)N1CCCCCC1. The molecule has 4 heterocycles. The van der Waals surface area contributed by atoms with Gasteiger partial charge in [-0.3, -0.25) is 4.79 Å². The Morgan fingerprint density at radius 2 is 1.62 bits per heavy atom. The molecule has 2 fully saturated rings. The second-order valence-electron chi connectivity index (χ2n) is 7.08. The predicted molar refractivity (Wildman–Crippen MR) is 98.0 cm³/mol. The van der Waals surface area contributed by atoms with Gasteiger partial charge in [-0.1, -0.05) is 18.0 Å². The topological polar surface area (TPSA) is 75.4 Å². The van der Waals surface area contributed by atoms with Crippen LogP contribution in [-0.2, 0) is 0 Å². The Bertz CT molecular complexity index is 729. The maximum absolute atomic E-state index is 12.6. The fraction of sp³-hybridized carbons (Fsp3) is 0.579. The number of likely N-dealkylation sites (tertiary alicyclic amines) is 1. The molecule has 2 saturated heterocycles. The molecule has 2 aliphatic rings. The Kier molecular flexibility index (Phi) is 5.13. The number of nitrogens with zero attached hydrogens (tertiary/aromatic N) is 5. The predicted octanol–water partition coefficient (Wildman–Crippen LogP) is 3.14. The van der Waals surface area contributed by atoms with E-state index in [0.717, 1.165) is 50.4 Å². The van der Waals surface area contributed by atoms with E-state index in [1.54, 1.807) is 6.20 Å². The van der Waals surface area contributed by atoms with Crippen molar-refractivity contribution in [3.63, 3.8) is 0 Å². The smallest absolute Gasteiger partial charge is 0.316 e. The van der Waals surface area contributed by atoms with E-state index in [1.165, 1.54) is 32.1 Å². The first-order chi connectivity index (χ1) is 12.8. The van der Waals surface area contributed by atoms with Crippen LogP contribution in [0.25, 0.3) is 11.4 Å². The average Bonchev–Trinajstić information content (AvgIpc) is 3.04. The minimum absolute atomic E-state index is 0.0713. The number of anilines is 1. The first kappa shape index (κ1) is 17.0. The van der Waals surface area contributed by atoms with Crippen LogP contribution in [0.2, 0.25) is 0 Å². The quantitative estimate of drug-likeness (QED) is 0.842. The Morgan fingerprint density at radius 1 is 0.923 bits per heavy atom. The first-order valence-electron chi connectivity index (χ1n) is 9.65. The van der Waals surface area contributed by atoms with Gasteiger partial charge in [-0.2, -0.15) is 4.98 Å². The molecule has 138 valence electrons. The second kappa shape index (κ2) is 7.85. The average molecular weight is 355 g/mol. The molecule has 0 unspecified atom stereocenters. The number of hydrogen-bond acceptors (Lipinski definition) is 6. The van der Waals surface area contributed by atoms with Crippen LogP contribution in [0.4, 0.5) is 5.82 Å². The van der Waals surface area contributed by atoms with Crippen molar-refractivity contribution in [1.82, 2.24) is 20.0 Å². The Balaban J connectivity index is 1.46. The van der Waals surface area contributed by atoms with E-state index in [4.69, 9.17) is 4.52 Å². The maximum Gasteiger partial charge on any atom is 0.316 e. The molecule has 1 amide bonds. The summed E-state index contributed by atoms with van der Waals surface area (Å²) in [5, 5.41) is 3.98. The third kappa shape index (κ3) is 3.71. The van der Waals surface area contributed by atoms with Crippen LogP contribution in [0, 0.1) is 0 Å². The molecule has 0 bridgehead atoms. The monoisotopic (exact) mass is 355 g/mol. The lowest BCUT2D eigenvalue weighted by Crippen LogP contribution is -2.32. The Morgan fingerprint density at radius 3 is 2.31 bits per heavy atom. The molecule has 2 aromatic rings. The number of pyridine rings is 1. The Hall–Kier alpha value is -2.44. The van der Waals surface area contributed by atoms with Crippen LogP contribution in [0.5, 0.6) is 0 Å². The van der Waals surface area contributed by atoms with Gasteiger partial charge in [0, 0.05) is 37.9 Å². The normalized spacial score (nSPS) is 18.6. The van der Waals surface area contributed by atoms with Gasteiger partial charge in [-0.25, -0.2) is 4.98 Å². The molecule has 2 aromatic heterocycles. The van der Waals surface area contributed by atoms with Gasteiger partial charge in [-0.15, -0.1) is 0 Å². The molecule has 26 heavy (non-hydrogen) atoms. The van der Waals surface area contributed by atoms with Crippen molar-refractivity contribution in [3.8, 4) is 11.4 Å². The number of aromatic nitrogens is 3. The van der Waals surface area contributed by atoms with Crippen LogP contribution in [0.15, 0.2) is 22.9 Å². The number of piperidine rings is 1. The molecule has 7 heteroatoms. The number of hydrogen-bond donors (Lipinski definition) is 0. The van der Waals surface area contributed by atoms with Gasteiger partial charge in [0.2, 0.25) is 5.82 Å². The third-order valence-corrected chi connectivity index (χ3v) is 5.19. The number of amides is 1. The fourth-order valence-electron chi connectivity index (χ4n) is 3.67. The van der Waals surface area contributed by atoms with Crippen molar-refractivity contribution in [3.05, 3.63) is 24.2 Å². The standard InChI is InChI=1S/C19H25N5O2/c25-19(24-12-4-1-2-5-13-24)18-21-17(22-26-18)15-8-9-16(20-14-15)23-10-6-3-7-11-23/h8-9,14H,1-7,10-13H2. The van der Waals surface area contributed by atoms with E-state index in [1.807, 2.05) is 17.0 Å². The third-order valence-electron chi connectivity index (χ3n) is 5.19. The molecule has 0 spiro atoms. The molecule has 0 N–H and O–H groups in total. The van der Waals surface area contributed by atoms with E-state index >= 15 is 0 Å². The summed E-state index contributed by atoms with van der Waals surface area (Å²) >= 11 is 0. The molecule has 0 saturated carbocycles. The van der Waals surface area contributed by atoms with Gasteiger partial charge in [0.15, 0.2) is 0 Å². The van der Waals surface area contributed by atoms with Gasteiger partial charge in [0.25, 0.3) is 0 Å². The van der Waals surface area contributed by atoms with Gasteiger partial charge in [0.1, 0.15) is 5.82 Å². The minimum atomic E-state index is -0.163. The molecule has 4 rings (SSSR count). The lowest BCUT2D eigenvalue weighted by molar-refractivity contribution is 0.0711. The number of rotatable bonds is 3. The van der Waals surface area contributed by atoms with Crippen LogP contribution in [0.1, 0.15) is 55.6 Å². The van der Waals surface area contributed by atoms with E-state index in [0.29, 0.717) is 5.82 Å². The van der Waals surface area contributed by atoms with E-state index < -0.39 is 0 Å². The van der Waals surface area contributed by atoms with Gasteiger partial charge >= 0.3 is 11.8 Å². The highest BCUT2D eigenvalue weighted by Crippen LogP contribution is 2.22. The van der Waals surface area contributed by atoms with Crippen LogP contribution < -0.4 is 4.90 Å². The van der Waals surface area contributed by atoms with Crippen molar-refractivity contribution in [2.75, 3.05) is 31.1 Å². The van der Waals surface area contributed by atoms with Gasteiger partial charge in [0.05, 0.1) is 0 Å². The molecule has 7 nitrogen and oxygen atoms in total. The Labute approximate surface area is 153 Å². The van der Waals surface area contributed by atoms with Crippen molar-refractivity contribution in [2.45, 2.75) is 44.9 Å². The zero-order valence-electron chi connectivity index (χ0n) is 15.1. The first-order valence-corrected chi connectivity index (χ1v) is 9.65. The van der Waals surface area contributed by atoms with Crippen LogP contribution >= 0.6 is 0 Å². The highest BCUT2D eigenvalue weighted by atomic mass is 16.5. The lowest BCUT2D eigenvalue weighted by Gasteiger charge is -2.27. The second-order valence-corrected chi connectivity index (χ2v) is 7.08. The van der Waals surface area contributed by atoms with Gasteiger partial charge in [-0.05, 0) is 44.2 Å². The van der Waals surface area contributed by atoms with Crippen molar-refractivity contribution >= 4 is 11.7 Å². The van der Waals surface area contributed by atoms with Crippen molar-refractivity contribution in [2.24, 2.45) is 0 Å². The van der Waals surface area contributed by atoms with E-state index in [-0.39, 0.29) is 11.8 Å². The molecule has 0 radical (unpaired) electrons. The number of carbonyl (C=O) groups is 1. The summed E-state index contributed by atoms with van der Waals surface area (Å²) in [5.41, 5.74) is 0.768. The summed E-state index contributed by atoms with van der Waals surface area (Å²) in [5.74, 6) is 1.31. The molecular weight excluding hydrogens is 330 g/mol. The highest BCUT2D eigenvalue weighted by Gasteiger charge is 2.23. The lowest BCUT2D eigenvalue weighted by atomic mass is 10.1. The summed E-state index contributed by atoms with van der Waals surface area (Å²) in [6.45, 7) is 3.65. The van der Waals surface area contributed by atoms with E-state index in [2.05, 4.69) is 20.0 Å². The van der Waals surface area contributed by atoms with Crippen LogP contribution in [-0.4, -0.2) is 52.1 Å². The minimum Gasteiger partial charge on any atom is -0.357 e. The summed E-state index contributed by atoms with van der Waals surface area (Å²) in [4.78, 5) is 25.5. The van der Waals surface area contributed by atoms with Crippen molar-refractivity contribution < 1.29 is 9.32 Å². The molecule has 0 aromatic carbocycles. The van der Waals surface area contributed by atoms with E-state index in [9.17, 15) is 4.79 Å². The maximum atomic E-state index is 12.6. The molecule has 2 aliphatic heterocycles. The number of carbonyl (C=O) groups excluding carboxylic acids is 1. The summed E-state index contributed by atoms with van der Waals surface area (Å²) < 4.78 is 5.23. The summed E-state index contributed by atoms with van der Waals surface area (Å²) in [7, 11) is 0. The summed E-state index contributed by atoms with van der Waals surface area (Å²) in [6, 6.07) is 3.94. The molecular formula is C19H25N5O2. The fourth-order valence-corrected chi connectivity index (χ4v) is 3.67. The molecule has 0 aliphatic carbocycles. The van der Waals surface area contributed by atoms with Crippen LogP contribution in [0.3, 0.4) is 0 Å². The van der Waals surface area contributed by atoms with Crippen molar-refractivity contribution in [1.29, 1.82) is 0 Å². The largest absolute Gasteiger partial charge is 0.357 e. The highest BCUT2D eigenvalue weighted by molar-refractivity contribution is 5.90. The molecule has 0 atom stereocenters.